The first-order chi connectivity index (χ1) is 10.1. The quantitative estimate of drug-likeness (QED) is 0.907. The van der Waals surface area contributed by atoms with Gasteiger partial charge in [0.15, 0.2) is 0 Å². The fourth-order valence-electron chi connectivity index (χ4n) is 4.19. The molecule has 118 valence electrons. The number of hydrogen-bond acceptors (Lipinski definition) is 4. The molecule has 1 aromatic heterocycles. The van der Waals surface area contributed by atoms with Crippen LogP contribution in [0, 0.1) is 6.92 Å². The predicted octanol–water partition coefficient (Wildman–Crippen LogP) is 1.24. The van der Waals surface area contributed by atoms with Gasteiger partial charge >= 0.3 is 0 Å². The minimum atomic E-state index is 0.169. The van der Waals surface area contributed by atoms with E-state index in [2.05, 4.69) is 16.1 Å². The molecular weight excluding hydrogens is 264 g/mol. The normalized spacial score (nSPS) is 24.3. The van der Waals surface area contributed by atoms with E-state index in [0.717, 1.165) is 38.4 Å². The molecular formula is C16H28N4O. The van der Waals surface area contributed by atoms with Crippen LogP contribution in [0.1, 0.15) is 37.1 Å². The molecule has 1 saturated carbocycles. The maximum atomic E-state index is 6.73. The van der Waals surface area contributed by atoms with Crippen LogP contribution in [-0.4, -0.2) is 52.6 Å². The van der Waals surface area contributed by atoms with Gasteiger partial charge in [-0.25, -0.2) is 0 Å². The number of aryl methyl sites for hydroxylation is 2. The van der Waals surface area contributed by atoms with Gasteiger partial charge in [-0.2, -0.15) is 5.10 Å². The predicted molar refractivity (Wildman–Crippen MR) is 83.2 cm³/mol. The molecule has 21 heavy (non-hydrogen) atoms. The molecule has 5 nitrogen and oxygen atoms in total. The van der Waals surface area contributed by atoms with Crippen molar-refractivity contribution in [3.05, 3.63) is 17.5 Å². The topological polar surface area (TPSA) is 56.3 Å². The van der Waals surface area contributed by atoms with Crippen LogP contribution < -0.4 is 5.73 Å². The van der Waals surface area contributed by atoms with Crippen molar-refractivity contribution < 1.29 is 4.74 Å². The Morgan fingerprint density at radius 3 is 2.57 bits per heavy atom. The molecule has 0 bridgehead atoms. The van der Waals surface area contributed by atoms with E-state index in [-0.39, 0.29) is 11.6 Å². The zero-order chi connectivity index (χ0) is 14.9. The number of nitrogens with two attached hydrogens (primary N) is 1. The molecule has 1 unspecified atom stereocenters. The molecule has 1 aliphatic heterocycles. The molecule has 2 heterocycles. The van der Waals surface area contributed by atoms with Crippen molar-refractivity contribution in [2.45, 2.75) is 50.6 Å². The summed E-state index contributed by atoms with van der Waals surface area (Å²) in [6.07, 6.45) is 5.97. The first kappa shape index (κ1) is 15.0. The number of nitrogens with zero attached hydrogens (tertiary/aromatic N) is 3. The molecule has 2 fully saturated rings. The molecule has 2 aliphatic rings. The number of rotatable bonds is 4. The van der Waals surface area contributed by atoms with Gasteiger partial charge < -0.3 is 10.5 Å². The monoisotopic (exact) mass is 292 g/mol. The summed E-state index contributed by atoms with van der Waals surface area (Å²) in [6.45, 7) is 5.79. The Morgan fingerprint density at radius 2 is 2.00 bits per heavy atom. The third-order valence-corrected chi connectivity index (χ3v) is 5.33. The molecule has 2 N–H and O–H groups in total. The first-order valence-electron chi connectivity index (χ1n) is 8.20. The smallest absolute Gasteiger partial charge is 0.0596 e. The van der Waals surface area contributed by atoms with Gasteiger partial charge in [0.05, 0.1) is 18.9 Å². The van der Waals surface area contributed by atoms with Gasteiger partial charge in [-0.3, -0.25) is 9.58 Å². The van der Waals surface area contributed by atoms with Gasteiger partial charge in [0.1, 0.15) is 0 Å². The molecule has 0 radical (unpaired) electrons. The average Bonchev–Trinajstić information content (AvgIpc) is 3.08. The van der Waals surface area contributed by atoms with E-state index in [1.54, 1.807) is 0 Å². The van der Waals surface area contributed by atoms with E-state index in [9.17, 15) is 0 Å². The molecule has 1 atom stereocenters. The summed E-state index contributed by atoms with van der Waals surface area (Å²) in [5, 5.41) is 4.45. The van der Waals surface area contributed by atoms with Crippen molar-refractivity contribution in [2.75, 3.05) is 26.3 Å². The van der Waals surface area contributed by atoms with Crippen molar-refractivity contribution in [3.8, 4) is 0 Å². The molecule has 3 rings (SSSR count). The van der Waals surface area contributed by atoms with Gasteiger partial charge in [0.25, 0.3) is 0 Å². The van der Waals surface area contributed by atoms with Gasteiger partial charge in [-0.1, -0.05) is 12.8 Å². The van der Waals surface area contributed by atoms with Crippen LogP contribution in [-0.2, 0) is 18.2 Å². The lowest BCUT2D eigenvalue weighted by Gasteiger charge is -2.47. The summed E-state index contributed by atoms with van der Waals surface area (Å²) in [5.74, 6) is 0. The third kappa shape index (κ3) is 2.87. The van der Waals surface area contributed by atoms with Crippen LogP contribution >= 0.6 is 0 Å². The van der Waals surface area contributed by atoms with E-state index in [0.29, 0.717) is 0 Å². The van der Waals surface area contributed by atoms with Crippen molar-refractivity contribution in [2.24, 2.45) is 12.8 Å². The Balaban J connectivity index is 1.78. The summed E-state index contributed by atoms with van der Waals surface area (Å²) in [5.41, 5.74) is 9.23. The summed E-state index contributed by atoms with van der Waals surface area (Å²) in [4.78, 5) is 2.61. The Labute approximate surface area is 127 Å². The molecule has 1 saturated heterocycles. The number of aromatic nitrogens is 2. The zero-order valence-corrected chi connectivity index (χ0v) is 13.3. The second-order valence-corrected chi connectivity index (χ2v) is 6.62. The molecule has 0 aromatic carbocycles. The summed E-state index contributed by atoms with van der Waals surface area (Å²) >= 11 is 0. The van der Waals surface area contributed by atoms with Crippen LogP contribution in [0.2, 0.25) is 0 Å². The van der Waals surface area contributed by atoms with E-state index in [1.165, 1.54) is 31.4 Å². The molecule has 1 aromatic rings. The largest absolute Gasteiger partial charge is 0.379 e. The lowest BCUT2D eigenvalue weighted by molar-refractivity contribution is -0.0307. The van der Waals surface area contributed by atoms with Crippen molar-refractivity contribution in [1.82, 2.24) is 14.7 Å². The van der Waals surface area contributed by atoms with Gasteiger partial charge in [0.2, 0.25) is 0 Å². The average molecular weight is 292 g/mol. The van der Waals surface area contributed by atoms with E-state index in [1.807, 2.05) is 18.7 Å². The minimum absolute atomic E-state index is 0.169. The van der Waals surface area contributed by atoms with Crippen LogP contribution in [0.25, 0.3) is 0 Å². The fourth-order valence-corrected chi connectivity index (χ4v) is 4.19. The van der Waals surface area contributed by atoms with E-state index < -0.39 is 0 Å². The van der Waals surface area contributed by atoms with Gasteiger partial charge in [-0.05, 0) is 25.8 Å². The van der Waals surface area contributed by atoms with Crippen LogP contribution in [0.15, 0.2) is 6.07 Å². The Morgan fingerprint density at radius 1 is 1.33 bits per heavy atom. The number of ether oxygens (including phenoxy) is 1. The Hall–Kier alpha value is -0.910. The first-order valence-corrected chi connectivity index (χ1v) is 8.20. The number of morpholine rings is 1. The Bertz CT molecular complexity index is 473. The maximum absolute atomic E-state index is 6.73. The highest BCUT2D eigenvalue weighted by Gasteiger charge is 2.44. The third-order valence-electron chi connectivity index (χ3n) is 5.33. The second-order valence-electron chi connectivity index (χ2n) is 6.62. The summed E-state index contributed by atoms with van der Waals surface area (Å²) < 4.78 is 7.51. The molecule has 1 aliphatic carbocycles. The molecule has 0 amide bonds. The lowest BCUT2D eigenvalue weighted by Crippen LogP contribution is -2.61. The van der Waals surface area contributed by atoms with Crippen molar-refractivity contribution in [3.63, 3.8) is 0 Å². The second kappa shape index (κ2) is 6.07. The van der Waals surface area contributed by atoms with Crippen LogP contribution in [0.5, 0.6) is 0 Å². The van der Waals surface area contributed by atoms with Gasteiger partial charge in [0, 0.05) is 43.8 Å². The van der Waals surface area contributed by atoms with Crippen molar-refractivity contribution in [1.29, 1.82) is 0 Å². The van der Waals surface area contributed by atoms with Gasteiger partial charge in [-0.15, -0.1) is 0 Å². The number of hydrogen-bond donors (Lipinski definition) is 1. The molecule has 0 spiro atoms. The lowest BCUT2D eigenvalue weighted by atomic mass is 9.83. The summed E-state index contributed by atoms with van der Waals surface area (Å²) in [7, 11) is 2.02. The SMILES string of the molecule is Cc1cc(CC(N)C2(N3CCOCC3)CCCC2)n(C)n1. The van der Waals surface area contributed by atoms with E-state index in [4.69, 9.17) is 10.5 Å². The van der Waals surface area contributed by atoms with Crippen LogP contribution in [0.3, 0.4) is 0 Å². The maximum Gasteiger partial charge on any atom is 0.0596 e. The highest BCUT2D eigenvalue weighted by atomic mass is 16.5. The highest BCUT2D eigenvalue weighted by Crippen LogP contribution is 2.38. The van der Waals surface area contributed by atoms with Crippen molar-refractivity contribution >= 4 is 0 Å². The molecule has 5 heteroatoms. The van der Waals surface area contributed by atoms with E-state index >= 15 is 0 Å². The van der Waals surface area contributed by atoms with Crippen LogP contribution in [0.4, 0.5) is 0 Å². The summed E-state index contributed by atoms with van der Waals surface area (Å²) in [6, 6.07) is 2.34. The minimum Gasteiger partial charge on any atom is -0.379 e. The fraction of sp³-hybridized carbons (Fsp3) is 0.812. The standard InChI is InChI=1S/C16H28N4O/c1-13-11-14(19(2)18-13)12-15(17)16(5-3-4-6-16)20-7-9-21-10-8-20/h11,15H,3-10,12,17H2,1-2H3. The highest BCUT2D eigenvalue weighted by molar-refractivity contribution is 5.14. The Kier molecular flexibility index (Phi) is 4.33. The zero-order valence-electron chi connectivity index (χ0n) is 13.3.